The molecule has 0 fully saturated rings. The molecule has 0 unspecified atom stereocenters. The van der Waals surface area contributed by atoms with Crippen LogP contribution in [0.5, 0.6) is 0 Å². The number of hydrogen-bond donors (Lipinski definition) is 1. The van der Waals surface area contributed by atoms with Crippen molar-refractivity contribution in [1.82, 2.24) is 0 Å². The Morgan fingerprint density at radius 3 is 2.33 bits per heavy atom. The summed E-state index contributed by atoms with van der Waals surface area (Å²) in [5.41, 5.74) is 0. The molecule has 0 amide bonds. The molecule has 0 saturated heterocycles. The second-order valence-corrected chi connectivity index (χ2v) is 2.67. The summed E-state index contributed by atoms with van der Waals surface area (Å²) in [4.78, 5) is 31.0. The van der Waals surface area contributed by atoms with Crippen molar-refractivity contribution in [3.05, 3.63) is 0 Å². The standard InChI is InChI=1S/C6H7IO5/c7-2-6(11)12-3-4(8)1-5(9)10/h1-3H2,(H,9,10). The van der Waals surface area contributed by atoms with E-state index < -0.39 is 30.7 Å². The van der Waals surface area contributed by atoms with Crippen LogP contribution in [0.25, 0.3) is 0 Å². The molecule has 0 aromatic carbocycles. The third-order valence-electron chi connectivity index (χ3n) is 0.852. The monoisotopic (exact) mass is 286 g/mol. The molecule has 0 aromatic rings. The van der Waals surface area contributed by atoms with E-state index in [0.29, 0.717) is 0 Å². The van der Waals surface area contributed by atoms with Gasteiger partial charge in [0.05, 0.1) is 4.43 Å². The summed E-state index contributed by atoms with van der Waals surface area (Å²) in [6, 6.07) is 0. The number of aliphatic carboxylic acids is 1. The highest BCUT2D eigenvalue weighted by atomic mass is 127. The molecule has 0 aliphatic carbocycles. The fourth-order valence-corrected chi connectivity index (χ4v) is 0.639. The van der Waals surface area contributed by atoms with Crippen LogP contribution in [0.1, 0.15) is 6.42 Å². The molecule has 0 saturated carbocycles. The molecule has 0 bridgehead atoms. The summed E-state index contributed by atoms with van der Waals surface area (Å²) in [7, 11) is 0. The van der Waals surface area contributed by atoms with Gasteiger partial charge in [-0.25, -0.2) is 0 Å². The number of carbonyl (C=O) groups is 3. The molecule has 12 heavy (non-hydrogen) atoms. The maximum atomic E-state index is 10.6. The largest absolute Gasteiger partial charge is 0.481 e. The molecule has 0 aliphatic rings. The topological polar surface area (TPSA) is 80.7 Å². The van der Waals surface area contributed by atoms with Crippen LogP contribution in [0.2, 0.25) is 0 Å². The highest BCUT2D eigenvalue weighted by molar-refractivity contribution is 14.1. The summed E-state index contributed by atoms with van der Waals surface area (Å²) < 4.78 is 4.55. The average molecular weight is 286 g/mol. The molecule has 1 N–H and O–H groups in total. The lowest BCUT2D eigenvalue weighted by Crippen LogP contribution is -2.17. The number of esters is 1. The van der Waals surface area contributed by atoms with E-state index >= 15 is 0 Å². The van der Waals surface area contributed by atoms with Gasteiger partial charge in [0, 0.05) is 0 Å². The minimum absolute atomic E-state index is 0.151. The second kappa shape index (κ2) is 5.92. The lowest BCUT2D eigenvalue weighted by molar-refractivity contribution is -0.148. The van der Waals surface area contributed by atoms with E-state index in [0.717, 1.165) is 0 Å². The van der Waals surface area contributed by atoms with Crippen LogP contribution in [0, 0.1) is 0 Å². The van der Waals surface area contributed by atoms with Gasteiger partial charge in [-0.3, -0.25) is 14.4 Å². The first-order chi connectivity index (χ1) is 5.56. The first-order valence-electron chi connectivity index (χ1n) is 3.01. The Balaban J connectivity index is 3.57. The van der Waals surface area contributed by atoms with Gasteiger partial charge in [0.1, 0.15) is 6.42 Å². The van der Waals surface area contributed by atoms with E-state index in [-0.39, 0.29) is 4.43 Å². The summed E-state index contributed by atoms with van der Waals surface area (Å²) in [5.74, 6) is -2.35. The Kier molecular flexibility index (Phi) is 5.60. The van der Waals surface area contributed by atoms with Crippen molar-refractivity contribution in [2.45, 2.75) is 6.42 Å². The number of halogens is 1. The van der Waals surface area contributed by atoms with E-state index in [1.54, 1.807) is 22.6 Å². The maximum Gasteiger partial charge on any atom is 0.316 e. The molecule has 0 rings (SSSR count). The predicted molar refractivity (Wildman–Crippen MR) is 47.1 cm³/mol. The van der Waals surface area contributed by atoms with Crippen LogP contribution in [-0.2, 0) is 19.1 Å². The lowest BCUT2D eigenvalue weighted by atomic mass is 10.3. The number of carboxylic acids is 1. The number of alkyl halides is 1. The number of ether oxygens (including phenoxy) is 1. The molecule has 0 aromatic heterocycles. The van der Waals surface area contributed by atoms with Gasteiger partial charge in [-0.1, -0.05) is 22.6 Å². The molecule has 6 heteroatoms. The third-order valence-corrected chi connectivity index (χ3v) is 1.47. The van der Waals surface area contributed by atoms with Gasteiger partial charge in [-0.15, -0.1) is 0 Å². The number of hydrogen-bond acceptors (Lipinski definition) is 4. The van der Waals surface area contributed by atoms with Gasteiger partial charge in [0.25, 0.3) is 0 Å². The second-order valence-electron chi connectivity index (χ2n) is 1.90. The molecule has 68 valence electrons. The van der Waals surface area contributed by atoms with Crippen molar-refractivity contribution in [2.24, 2.45) is 0 Å². The van der Waals surface area contributed by atoms with E-state index in [9.17, 15) is 14.4 Å². The minimum Gasteiger partial charge on any atom is -0.481 e. The van der Waals surface area contributed by atoms with Crippen molar-refractivity contribution in [1.29, 1.82) is 0 Å². The summed E-state index contributed by atoms with van der Waals surface area (Å²) in [5, 5.41) is 8.14. The van der Waals surface area contributed by atoms with Crippen LogP contribution in [0.15, 0.2) is 0 Å². The van der Waals surface area contributed by atoms with Crippen molar-refractivity contribution in [2.75, 3.05) is 11.0 Å². The molecule has 0 radical (unpaired) electrons. The maximum absolute atomic E-state index is 10.6. The van der Waals surface area contributed by atoms with Crippen molar-refractivity contribution >= 4 is 40.3 Å². The van der Waals surface area contributed by atoms with E-state index in [4.69, 9.17) is 5.11 Å². The van der Waals surface area contributed by atoms with E-state index in [1.807, 2.05) is 0 Å². The highest BCUT2D eigenvalue weighted by Crippen LogP contribution is 1.89. The Morgan fingerprint density at radius 1 is 1.33 bits per heavy atom. The molecule has 0 atom stereocenters. The quantitative estimate of drug-likeness (QED) is 0.333. The van der Waals surface area contributed by atoms with Crippen LogP contribution >= 0.6 is 22.6 Å². The van der Waals surface area contributed by atoms with Crippen LogP contribution in [0.3, 0.4) is 0 Å². The van der Waals surface area contributed by atoms with Crippen LogP contribution < -0.4 is 0 Å². The zero-order chi connectivity index (χ0) is 9.56. The van der Waals surface area contributed by atoms with Gasteiger partial charge < -0.3 is 9.84 Å². The zero-order valence-corrected chi connectivity index (χ0v) is 8.24. The number of carbonyl (C=O) groups excluding carboxylic acids is 2. The normalized spacial score (nSPS) is 9.08. The summed E-state index contributed by atoms with van der Waals surface area (Å²) >= 11 is 1.78. The molecule has 0 spiro atoms. The predicted octanol–water partition coefficient (Wildman–Crippen LogP) is 0.00840. The number of rotatable bonds is 5. The van der Waals surface area contributed by atoms with Crippen LogP contribution in [-0.4, -0.2) is 33.9 Å². The van der Waals surface area contributed by atoms with Gasteiger partial charge in [-0.2, -0.15) is 0 Å². The van der Waals surface area contributed by atoms with E-state index in [1.165, 1.54) is 0 Å². The lowest BCUT2D eigenvalue weighted by Gasteiger charge is -1.98. The van der Waals surface area contributed by atoms with E-state index in [2.05, 4.69) is 4.74 Å². The van der Waals surface area contributed by atoms with Gasteiger partial charge >= 0.3 is 11.9 Å². The third kappa shape index (κ3) is 6.08. The van der Waals surface area contributed by atoms with Gasteiger partial charge in [-0.05, 0) is 0 Å². The molecule has 0 heterocycles. The Bertz CT molecular complexity index is 200. The molecule has 0 aliphatic heterocycles. The molecular formula is C6H7IO5. The number of ketones is 1. The van der Waals surface area contributed by atoms with Gasteiger partial charge in [0.2, 0.25) is 0 Å². The number of carboxylic acid groups (broad SMARTS) is 1. The first-order valence-corrected chi connectivity index (χ1v) is 4.54. The van der Waals surface area contributed by atoms with Crippen molar-refractivity contribution in [3.63, 3.8) is 0 Å². The smallest absolute Gasteiger partial charge is 0.316 e. The summed E-state index contributed by atoms with van der Waals surface area (Å²) in [6.07, 6.45) is -0.603. The fourth-order valence-electron chi connectivity index (χ4n) is 0.419. The highest BCUT2D eigenvalue weighted by Gasteiger charge is 2.09. The minimum atomic E-state index is -1.22. The number of Topliss-reactive ketones (excluding diaryl/α,β-unsaturated/α-hetero) is 1. The van der Waals surface area contributed by atoms with Gasteiger partial charge in [0.15, 0.2) is 12.4 Å². The van der Waals surface area contributed by atoms with Crippen molar-refractivity contribution < 1.29 is 24.2 Å². The molecule has 5 nitrogen and oxygen atoms in total. The van der Waals surface area contributed by atoms with Crippen molar-refractivity contribution in [3.8, 4) is 0 Å². The Morgan fingerprint density at radius 2 is 1.92 bits per heavy atom. The van der Waals surface area contributed by atoms with Crippen LogP contribution in [0.4, 0.5) is 0 Å². The SMILES string of the molecule is O=C(O)CC(=O)COC(=O)CI. The first kappa shape index (κ1) is 11.3. The zero-order valence-electron chi connectivity index (χ0n) is 6.08. The Hall–Kier alpha value is -0.660. The average Bonchev–Trinajstić information content (AvgIpc) is 1.99. The Labute approximate surface area is 82.2 Å². The summed E-state index contributed by atoms with van der Waals surface area (Å²) in [6.45, 7) is -0.450. The fraction of sp³-hybridized carbons (Fsp3) is 0.500. The molecular weight excluding hydrogens is 279 g/mol.